The van der Waals surface area contributed by atoms with E-state index >= 15 is 0 Å². The van der Waals surface area contributed by atoms with Crippen LogP contribution in [-0.2, 0) is 11.2 Å². The summed E-state index contributed by atoms with van der Waals surface area (Å²) >= 11 is 11.9. The second-order valence-electron chi connectivity index (χ2n) is 4.67. The van der Waals surface area contributed by atoms with E-state index in [0.717, 1.165) is 11.3 Å². The highest BCUT2D eigenvalue weighted by atomic mass is 35.5. The molecule has 2 N–H and O–H groups in total. The smallest absolute Gasteiger partial charge is 0.247 e. The van der Waals surface area contributed by atoms with Crippen molar-refractivity contribution in [3.8, 4) is 0 Å². The lowest BCUT2D eigenvalue weighted by Crippen LogP contribution is -2.32. The van der Waals surface area contributed by atoms with Crippen molar-refractivity contribution >= 4 is 40.5 Å². The number of nitrogens with one attached hydrogen (secondary N) is 2. The van der Waals surface area contributed by atoms with Gasteiger partial charge in [0.05, 0.1) is 10.7 Å². The molecule has 1 aliphatic heterocycles. The quantitative estimate of drug-likeness (QED) is 0.881. The molecule has 5 heteroatoms. The Labute approximate surface area is 126 Å². The summed E-state index contributed by atoms with van der Waals surface area (Å²) in [7, 11) is 0. The molecule has 1 amide bonds. The molecule has 0 fully saturated rings. The molecule has 0 bridgehead atoms. The van der Waals surface area contributed by atoms with Crippen LogP contribution in [0.4, 0.5) is 11.4 Å². The Hall–Kier alpha value is -1.71. The van der Waals surface area contributed by atoms with Crippen molar-refractivity contribution in [1.29, 1.82) is 0 Å². The zero-order valence-electron chi connectivity index (χ0n) is 10.5. The lowest BCUT2D eigenvalue weighted by Gasteiger charge is -2.13. The van der Waals surface area contributed by atoms with Crippen LogP contribution in [0.5, 0.6) is 0 Å². The van der Waals surface area contributed by atoms with E-state index in [9.17, 15) is 4.79 Å². The van der Waals surface area contributed by atoms with Crippen LogP contribution in [0.3, 0.4) is 0 Å². The van der Waals surface area contributed by atoms with Gasteiger partial charge in [0.1, 0.15) is 6.04 Å². The van der Waals surface area contributed by atoms with Crippen LogP contribution in [0.25, 0.3) is 0 Å². The second-order valence-corrected chi connectivity index (χ2v) is 5.52. The maximum absolute atomic E-state index is 12.3. The van der Waals surface area contributed by atoms with E-state index in [-0.39, 0.29) is 11.9 Å². The first-order chi connectivity index (χ1) is 9.63. The normalized spacial score (nSPS) is 16.4. The molecule has 0 aromatic heterocycles. The molecule has 0 spiro atoms. The van der Waals surface area contributed by atoms with Gasteiger partial charge in [-0.1, -0.05) is 41.4 Å². The van der Waals surface area contributed by atoms with E-state index in [1.54, 1.807) is 18.2 Å². The van der Waals surface area contributed by atoms with Gasteiger partial charge < -0.3 is 10.6 Å². The highest BCUT2D eigenvalue weighted by Crippen LogP contribution is 2.28. The number of amides is 1. The van der Waals surface area contributed by atoms with Crippen molar-refractivity contribution in [2.45, 2.75) is 12.5 Å². The number of anilines is 2. The lowest BCUT2D eigenvalue weighted by atomic mass is 10.1. The SMILES string of the molecule is O=C(Nc1ccc(Cl)cc1Cl)C1Cc2ccccc2N1. The molecule has 1 heterocycles. The van der Waals surface area contributed by atoms with Crippen molar-refractivity contribution < 1.29 is 4.79 Å². The number of fused-ring (bicyclic) bond motifs is 1. The number of halogens is 2. The second kappa shape index (κ2) is 5.35. The van der Waals surface area contributed by atoms with Crippen LogP contribution in [0.1, 0.15) is 5.56 Å². The van der Waals surface area contributed by atoms with E-state index in [2.05, 4.69) is 10.6 Å². The number of carbonyl (C=O) groups is 1. The largest absolute Gasteiger partial charge is 0.373 e. The van der Waals surface area contributed by atoms with Crippen LogP contribution in [-0.4, -0.2) is 11.9 Å². The Morgan fingerprint density at radius 3 is 2.75 bits per heavy atom. The van der Waals surface area contributed by atoms with Crippen LogP contribution in [0.15, 0.2) is 42.5 Å². The van der Waals surface area contributed by atoms with Crippen LogP contribution in [0.2, 0.25) is 10.0 Å². The van der Waals surface area contributed by atoms with Crippen LogP contribution >= 0.6 is 23.2 Å². The molecule has 0 saturated heterocycles. The topological polar surface area (TPSA) is 41.1 Å². The summed E-state index contributed by atoms with van der Waals surface area (Å²) in [5.74, 6) is -0.106. The van der Waals surface area contributed by atoms with E-state index in [4.69, 9.17) is 23.2 Å². The Balaban J connectivity index is 1.72. The first-order valence-corrected chi connectivity index (χ1v) is 6.99. The maximum Gasteiger partial charge on any atom is 0.247 e. The minimum Gasteiger partial charge on any atom is -0.373 e. The first-order valence-electron chi connectivity index (χ1n) is 6.24. The van der Waals surface area contributed by atoms with E-state index in [1.165, 1.54) is 0 Å². The molecule has 1 atom stereocenters. The monoisotopic (exact) mass is 306 g/mol. The lowest BCUT2D eigenvalue weighted by molar-refractivity contribution is -0.116. The van der Waals surface area contributed by atoms with Gasteiger partial charge in [0, 0.05) is 17.1 Å². The van der Waals surface area contributed by atoms with Crippen molar-refractivity contribution in [3.05, 3.63) is 58.1 Å². The molecule has 20 heavy (non-hydrogen) atoms. The summed E-state index contributed by atoms with van der Waals surface area (Å²) in [6.07, 6.45) is 0.674. The fraction of sp³-hybridized carbons (Fsp3) is 0.133. The minimum atomic E-state index is -0.279. The van der Waals surface area contributed by atoms with Crippen molar-refractivity contribution in [2.24, 2.45) is 0 Å². The summed E-state index contributed by atoms with van der Waals surface area (Å²) in [6, 6.07) is 12.6. The summed E-state index contributed by atoms with van der Waals surface area (Å²) in [5.41, 5.74) is 2.73. The molecule has 0 radical (unpaired) electrons. The predicted octanol–water partition coefficient (Wildman–Crippen LogP) is 3.97. The minimum absolute atomic E-state index is 0.106. The summed E-state index contributed by atoms with van der Waals surface area (Å²) in [6.45, 7) is 0. The van der Waals surface area contributed by atoms with Crippen molar-refractivity contribution in [3.63, 3.8) is 0 Å². The van der Waals surface area contributed by atoms with Gasteiger partial charge in [0.15, 0.2) is 0 Å². The van der Waals surface area contributed by atoms with Gasteiger partial charge in [0.2, 0.25) is 5.91 Å². The molecule has 2 aromatic carbocycles. The van der Waals surface area contributed by atoms with Crippen molar-refractivity contribution in [1.82, 2.24) is 0 Å². The molecule has 3 rings (SSSR count). The van der Waals surface area contributed by atoms with Gasteiger partial charge in [-0.3, -0.25) is 4.79 Å². The number of carbonyl (C=O) groups excluding carboxylic acids is 1. The number of hydrogen-bond acceptors (Lipinski definition) is 2. The van der Waals surface area contributed by atoms with Gasteiger partial charge in [-0.15, -0.1) is 0 Å². The maximum atomic E-state index is 12.3. The molecular formula is C15H12Cl2N2O. The standard InChI is InChI=1S/C15H12Cl2N2O/c16-10-5-6-13(11(17)8-10)19-15(20)14-7-9-3-1-2-4-12(9)18-14/h1-6,8,14,18H,7H2,(H,19,20). The third-order valence-corrected chi connectivity index (χ3v) is 3.82. The zero-order chi connectivity index (χ0) is 14.1. The summed E-state index contributed by atoms with van der Waals surface area (Å²) < 4.78 is 0. The predicted molar refractivity (Wildman–Crippen MR) is 82.6 cm³/mol. The number of rotatable bonds is 2. The molecule has 102 valence electrons. The molecule has 2 aromatic rings. The fourth-order valence-corrected chi connectivity index (χ4v) is 2.72. The Bertz CT molecular complexity index is 648. The fourth-order valence-electron chi connectivity index (χ4n) is 2.27. The first kappa shape index (κ1) is 13.3. The van der Waals surface area contributed by atoms with Gasteiger partial charge in [-0.05, 0) is 29.8 Å². The highest BCUT2D eigenvalue weighted by molar-refractivity contribution is 6.36. The Kier molecular flexibility index (Phi) is 3.55. The number of hydrogen-bond donors (Lipinski definition) is 2. The third-order valence-electron chi connectivity index (χ3n) is 3.28. The Morgan fingerprint density at radius 1 is 1.20 bits per heavy atom. The van der Waals surface area contributed by atoms with Gasteiger partial charge in [0.25, 0.3) is 0 Å². The molecule has 1 unspecified atom stereocenters. The summed E-state index contributed by atoms with van der Waals surface area (Å²) in [5, 5.41) is 7.00. The highest BCUT2D eigenvalue weighted by Gasteiger charge is 2.26. The van der Waals surface area contributed by atoms with E-state index in [0.29, 0.717) is 22.2 Å². The number of para-hydroxylation sites is 1. The molecule has 1 aliphatic rings. The van der Waals surface area contributed by atoms with Gasteiger partial charge in [-0.25, -0.2) is 0 Å². The zero-order valence-corrected chi connectivity index (χ0v) is 12.0. The molecule has 0 aliphatic carbocycles. The average Bonchev–Trinajstić information content (AvgIpc) is 2.86. The van der Waals surface area contributed by atoms with Crippen molar-refractivity contribution in [2.75, 3.05) is 10.6 Å². The van der Waals surface area contributed by atoms with Gasteiger partial charge in [-0.2, -0.15) is 0 Å². The van der Waals surface area contributed by atoms with E-state index in [1.807, 2.05) is 24.3 Å². The van der Waals surface area contributed by atoms with E-state index < -0.39 is 0 Å². The Morgan fingerprint density at radius 2 is 2.00 bits per heavy atom. The molecular weight excluding hydrogens is 295 g/mol. The molecule has 3 nitrogen and oxygen atoms in total. The third kappa shape index (κ3) is 2.60. The number of benzene rings is 2. The summed E-state index contributed by atoms with van der Waals surface area (Å²) in [4.78, 5) is 12.3. The van der Waals surface area contributed by atoms with Gasteiger partial charge >= 0.3 is 0 Å². The average molecular weight is 307 g/mol. The van der Waals surface area contributed by atoms with Crippen LogP contribution < -0.4 is 10.6 Å². The van der Waals surface area contributed by atoms with Crippen LogP contribution in [0, 0.1) is 0 Å². The molecule has 0 saturated carbocycles.